The Hall–Kier alpha value is -4.86. The maximum atomic E-state index is 14.5. The lowest BCUT2D eigenvalue weighted by molar-refractivity contribution is -0.384. The van der Waals surface area contributed by atoms with Crippen molar-refractivity contribution in [2.45, 2.75) is 18.3 Å². The molecule has 4 aromatic rings. The summed E-state index contributed by atoms with van der Waals surface area (Å²) < 4.78 is 0. The molecule has 1 saturated heterocycles. The second kappa shape index (κ2) is 10.1. The molecule has 0 radical (unpaired) electrons. The van der Waals surface area contributed by atoms with Gasteiger partial charge in [-0.05, 0) is 59.0 Å². The fraction of sp³-hybridized carbons (Fsp3) is 0.152. The number of hydrazone groups is 1. The van der Waals surface area contributed by atoms with Gasteiger partial charge in [0.2, 0.25) is 11.8 Å². The first kappa shape index (κ1) is 27.9. The van der Waals surface area contributed by atoms with Crippen molar-refractivity contribution in [2.24, 2.45) is 16.9 Å². The minimum absolute atomic E-state index is 0.0738. The molecule has 8 rings (SSSR count). The normalized spacial score (nSPS) is 23.0. The molecule has 0 spiro atoms. The fourth-order valence-corrected chi connectivity index (χ4v) is 7.68. The van der Waals surface area contributed by atoms with Gasteiger partial charge in [-0.15, -0.1) is 0 Å². The average Bonchev–Trinajstić information content (AvgIpc) is 3.27. The van der Waals surface area contributed by atoms with Crippen molar-refractivity contribution in [2.75, 3.05) is 4.90 Å². The van der Waals surface area contributed by atoms with Gasteiger partial charge in [0.15, 0.2) is 0 Å². The van der Waals surface area contributed by atoms with Crippen LogP contribution >= 0.6 is 23.2 Å². The van der Waals surface area contributed by atoms with Crippen molar-refractivity contribution in [1.82, 2.24) is 5.43 Å². The highest BCUT2D eigenvalue weighted by atomic mass is 35.5. The van der Waals surface area contributed by atoms with Crippen molar-refractivity contribution in [3.05, 3.63) is 138 Å². The second-order valence-corrected chi connectivity index (χ2v) is 12.0. The van der Waals surface area contributed by atoms with Crippen molar-refractivity contribution >= 4 is 58.5 Å². The number of aryl methyl sites for hydroxylation is 1. The lowest BCUT2D eigenvalue weighted by Crippen LogP contribution is -2.54. The quantitative estimate of drug-likeness (QED) is 0.123. The first-order chi connectivity index (χ1) is 21.1. The molecule has 1 heterocycles. The van der Waals surface area contributed by atoms with E-state index in [1.54, 1.807) is 13.0 Å². The molecule has 3 amide bonds. The first-order valence-corrected chi connectivity index (χ1v) is 14.5. The first-order valence-electron chi connectivity index (χ1n) is 13.8. The Labute approximate surface area is 261 Å². The van der Waals surface area contributed by atoms with Gasteiger partial charge in [-0.3, -0.25) is 24.5 Å². The maximum Gasteiger partial charge on any atom is 0.293 e. The second-order valence-electron chi connectivity index (χ2n) is 11.1. The number of nitro groups is 1. The maximum absolute atomic E-state index is 14.5. The van der Waals surface area contributed by atoms with Gasteiger partial charge >= 0.3 is 0 Å². The van der Waals surface area contributed by atoms with E-state index in [-0.39, 0.29) is 22.0 Å². The van der Waals surface area contributed by atoms with Crippen molar-refractivity contribution in [3.8, 4) is 0 Å². The number of amides is 3. The summed E-state index contributed by atoms with van der Waals surface area (Å²) in [5.41, 5.74) is 4.88. The van der Waals surface area contributed by atoms with Crippen molar-refractivity contribution in [1.29, 1.82) is 0 Å². The van der Waals surface area contributed by atoms with Gasteiger partial charge in [-0.25, -0.2) is 10.3 Å². The van der Waals surface area contributed by atoms with Crippen molar-refractivity contribution in [3.63, 3.8) is 0 Å². The van der Waals surface area contributed by atoms with Crippen LogP contribution in [0.4, 0.5) is 11.4 Å². The van der Waals surface area contributed by atoms with Gasteiger partial charge in [0, 0.05) is 23.2 Å². The van der Waals surface area contributed by atoms with Crippen LogP contribution in [-0.2, 0) is 15.0 Å². The number of hydrogen-bond donors (Lipinski definition) is 1. The smallest absolute Gasteiger partial charge is 0.274 e. The molecular formula is C33H22Cl2N4O5. The van der Waals surface area contributed by atoms with Crippen LogP contribution in [0.1, 0.15) is 44.1 Å². The number of carbonyl (C=O) groups is 3. The third-order valence-electron chi connectivity index (χ3n) is 8.86. The Morgan fingerprint density at radius 2 is 1.61 bits per heavy atom. The van der Waals surface area contributed by atoms with Gasteiger partial charge in [0.25, 0.3) is 11.6 Å². The zero-order valence-electron chi connectivity index (χ0n) is 23.0. The van der Waals surface area contributed by atoms with E-state index in [1.165, 1.54) is 36.5 Å². The molecule has 3 aliphatic carbocycles. The van der Waals surface area contributed by atoms with Crippen LogP contribution in [0.5, 0.6) is 0 Å². The molecule has 2 bridgehead atoms. The number of nitrogens with zero attached hydrogens (tertiary/aromatic N) is 3. The van der Waals surface area contributed by atoms with Gasteiger partial charge in [0.05, 0.1) is 32.8 Å². The van der Waals surface area contributed by atoms with Crippen LogP contribution in [-0.4, -0.2) is 28.9 Å². The third kappa shape index (κ3) is 3.86. The number of halogens is 2. The Bertz CT molecular complexity index is 1930. The third-order valence-corrected chi connectivity index (χ3v) is 9.41. The molecule has 9 nitrogen and oxygen atoms in total. The Kier molecular flexibility index (Phi) is 6.42. The summed E-state index contributed by atoms with van der Waals surface area (Å²) in [6.07, 6.45) is 1.51. The number of benzene rings is 4. The molecule has 1 fully saturated rings. The summed E-state index contributed by atoms with van der Waals surface area (Å²) in [5, 5.41) is 16.9. The molecule has 44 heavy (non-hydrogen) atoms. The number of rotatable bonds is 5. The summed E-state index contributed by atoms with van der Waals surface area (Å²) in [7, 11) is 0. The number of nitro benzene ring substituents is 1. The van der Waals surface area contributed by atoms with Crippen LogP contribution in [0.15, 0.2) is 90.0 Å². The van der Waals surface area contributed by atoms with Gasteiger partial charge in [-0.1, -0.05) is 77.8 Å². The van der Waals surface area contributed by atoms with Crippen LogP contribution in [0, 0.1) is 28.9 Å². The molecule has 4 aromatic carbocycles. The number of anilines is 1. The van der Waals surface area contributed by atoms with Gasteiger partial charge in [-0.2, -0.15) is 5.10 Å². The van der Waals surface area contributed by atoms with Crippen LogP contribution in [0.2, 0.25) is 10.0 Å². The zero-order valence-corrected chi connectivity index (χ0v) is 24.5. The van der Waals surface area contributed by atoms with E-state index in [2.05, 4.69) is 10.5 Å². The Balaban J connectivity index is 1.41. The highest BCUT2D eigenvalue weighted by molar-refractivity contribution is 6.36. The summed E-state index contributed by atoms with van der Waals surface area (Å²) >= 11 is 12.2. The Morgan fingerprint density at radius 1 is 0.955 bits per heavy atom. The minimum atomic E-state index is -1.27. The van der Waals surface area contributed by atoms with Crippen molar-refractivity contribution < 1.29 is 19.3 Å². The molecule has 4 aliphatic rings. The summed E-state index contributed by atoms with van der Waals surface area (Å²) in [6, 6.07) is 24.0. The lowest BCUT2D eigenvalue weighted by atomic mass is 9.47. The summed E-state index contributed by atoms with van der Waals surface area (Å²) in [5.74, 6) is -3.98. The Morgan fingerprint density at radius 3 is 2.25 bits per heavy atom. The van der Waals surface area contributed by atoms with E-state index in [4.69, 9.17) is 23.2 Å². The molecule has 0 aromatic heterocycles. The molecule has 0 saturated carbocycles. The molecule has 218 valence electrons. The van der Waals surface area contributed by atoms with Gasteiger partial charge in [0.1, 0.15) is 5.69 Å². The van der Waals surface area contributed by atoms with E-state index < -0.39 is 45.8 Å². The zero-order chi connectivity index (χ0) is 30.9. The van der Waals surface area contributed by atoms with Crippen LogP contribution in [0.25, 0.3) is 0 Å². The molecular weight excluding hydrogens is 603 g/mol. The van der Waals surface area contributed by atoms with E-state index in [1.807, 2.05) is 48.5 Å². The predicted molar refractivity (Wildman–Crippen MR) is 165 cm³/mol. The lowest BCUT2D eigenvalue weighted by Gasteiger charge is -2.52. The minimum Gasteiger partial charge on any atom is -0.274 e. The summed E-state index contributed by atoms with van der Waals surface area (Å²) in [6.45, 7) is 1.70. The highest BCUT2D eigenvalue weighted by Gasteiger charge is 2.68. The SMILES string of the molecule is Cc1ccc(N2C(=O)[C@@H]3C4c5ccccc5C(/C=N\NC(=O)c5ccc(Cl)cc5Cl)(c5ccccc54)[C@@H]3C2=O)c([N+](=O)[O-])c1. The number of imide groups is 1. The fourth-order valence-electron chi connectivity index (χ4n) is 7.18. The number of nitrogens with one attached hydrogen (secondary N) is 1. The average molecular weight is 625 g/mol. The monoisotopic (exact) mass is 624 g/mol. The highest BCUT2D eigenvalue weighted by Crippen LogP contribution is 2.64. The van der Waals surface area contributed by atoms with E-state index in [0.717, 1.165) is 27.2 Å². The molecule has 1 N–H and O–H groups in total. The largest absolute Gasteiger partial charge is 0.293 e. The van der Waals surface area contributed by atoms with E-state index >= 15 is 0 Å². The standard InChI is InChI=1S/C33H22Cl2N4O5/c1-17-10-13-25(26(14-17)39(43)44)38-31(41)28-27-19-6-2-4-8-22(19)33(29(28)32(38)42,23-9-5-3-7-20(23)27)16-36-37-30(40)21-12-11-18(34)15-24(21)35/h2-16,27-29H,1H3,(H,37,40)/b36-16-/t27?,28-,29+,33?/m1/s1. The molecule has 11 heteroatoms. The van der Waals surface area contributed by atoms with Gasteiger partial charge < -0.3 is 0 Å². The van der Waals surface area contributed by atoms with E-state index in [9.17, 15) is 24.5 Å². The number of carbonyl (C=O) groups excluding carboxylic acids is 3. The summed E-state index contributed by atoms with van der Waals surface area (Å²) in [4.78, 5) is 54.4. The predicted octanol–water partition coefficient (Wildman–Crippen LogP) is 6.18. The van der Waals surface area contributed by atoms with Crippen LogP contribution in [0.3, 0.4) is 0 Å². The van der Waals surface area contributed by atoms with E-state index in [0.29, 0.717) is 10.6 Å². The molecule has 1 aliphatic heterocycles. The van der Waals surface area contributed by atoms with Crippen LogP contribution < -0.4 is 10.3 Å². The molecule has 0 unspecified atom stereocenters. The number of hydrogen-bond acceptors (Lipinski definition) is 6. The topological polar surface area (TPSA) is 122 Å². The molecule has 2 atom stereocenters.